The molecule has 0 aliphatic carbocycles. The van der Waals surface area contributed by atoms with Crippen LogP contribution in [-0.2, 0) is 19.3 Å². The average Bonchev–Trinajstić information content (AvgIpc) is 3.08. The minimum absolute atomic E-state index is 0. The van der Waals surface area contributed by atoms with Crippen molar-refractivity contribution in [1.29, 1.82) is 0 Å². The van der Waals surface area contributed by atoms with Crippen LogP contribution >= 0.6 is 37.2 Å². The van der Waals surface area contributed by atoms with E-state index in [4.69, 9.17) is 0 Å². The third-order valence-corrected chi connectivity index (χ3v) is 10.4. The predicted molar refractivity (Wildman–Crippen MR) is 215 cm³/mol. The van der Waals surface area contributed by atoms with Crippen LogP contribution in [0, 0.1) is 41.5 Å². The molecule has 3 heterocycles. The van der Waals surface area contributed by atoms with E-state index in [9.17, 15) is 13.2 Å². The second-order valence-electron chi connectivity index (χ2n) is 13.8. The van der Waals surface area contributed by atoms with Crippen molar-refractivity contribution >= 4 is 42.9 Å². The number of alkyl halides is 3. The molecule has 6 rings (SSSR count). The Labute approximate surface area is 325 Å². The first-order chi connectivity index (χ1) is 23.4. The second-order valence-corrected chi connectivity index (χ2v) is 13.8. The Morgan fingerprint density at radius 1 is 0.673 bits per heavy atom. The summed E-state index contributed by atoms with van der Waals surface area (Å²) in [4.78, 5) is 14.0. The summed E-state index contributed by atoms with van der Waals surface area (Å²) in [5.41, 5.74) is 14.3. The highest BCUT2D eigenvalue weighted by molar-refractivity contribution is 5.86. The lowest BCUT2D eigenvalue weighted by Crippen LogP contribution is -2.44. The lowest BCUT2D eigenvalue weighted by atomic mass is 9.96. The van der Waals surface area contributed by atoms with E-state index in [1.165, 1.54) is 56.6 Å². The van der Waals surface area contributed by atoms with Crippen molar-refractivity contribution in [3.05, 3.63) is 135 Å². The molecule has 0 saturated carbocycles. The van der Waals surface area contributed by atoms with Gasteiger partial charge in [-0.25, -0.2) is 0 Å². The van der Waals surface area contributed by atoms with Gasteiger partial charge < -0.3 is 4.90 Å². The summed E-state index contributed by atoms with van der Waals surface area (Å²) < 4.78 is 40.4. The molecular weight excluding hydrogens is 724 g/mol. The van der Waals surface area contributed by atoms with Crippen molar-refractivity contribution in [2.75, 3.05) is 18.0 Å². The number of hydrogen-bond donors (Lipinski definition) is 0. The molecule has 1 aliphatic rings. The van der Waals surface area contributed by atoms with Gasteiger partial charge in [-0.1, -0.05) is 12.1 Å². The number of anilines is 1. The number of benzene rings is 3. The highest BCUT2D eigenvalue weighted by Crippen LogP contribution is 2.34. The summed E-state index contributed by atoms with van der Waals surface area (Å²) in [7, 11) is 0. The SMILES string of the molecule is Cc1cc(-c2cncc(CN3CCC(N(Cc4ccnc(-c5cc(C)c(C)c(C)c5)c4)c4ccc(C(F)(F)F)cc4)CC3)c2)cc(C)c1C.Cl.Cl.Cl. The van der Waals surface area contributed by atoms with Gasteiger partial charge in [0, 0.05) is 67.6 Å². The maximum atomic E-state index is 13.5. The van der Waals surface area contributed by atoms with Crippen LogP contribution in [0.5, 0.6) is 0 Å². The molecule has 0 spiro atoms. The number of aromatic nitrogens is 2. The van der Waals surface area contributed by atoms with Gasteiger partial charge in [-0.05, 0) is 159 Å². The number of nitrogens with zero attached hydrogens (tertiary/aromatic N) is 4. The maximum Gasteiger partial charge on any atom is 0.416 e. The summed E-state index contributed by atoms with van der Waals surface area (Å²) >= 11 is 0. The van der Waals surface area contributed by atoms with Crippen LogP contribution in [0.15, 0.2) is 85.3 Å². The van der Waals surface area contributed by atoms with Crippen LogP contribution in [0.1, 0.15) is 62.9 Å². The van der Waals surface area contributed by atoms with Crippen molar-refractivity contribution in [3.8, 4) is 22.4 Å². The van der Waals surface area contributed by atoms with Crippen LogP contribution in [0.2, 0.25) is 0 Å². The fourth-order valence-electron chi connectivity index (χ4n) is 6.97. The standard InChI is InChI=1S/C42H45F3N4.3ClH/c1-27-17-35(18-28(2)31(27)5)37-21-34(23-46-24-37)25-48-15-12-40(13-16-48)49(39-9-7-38(8-10-39)42(43,44)45)26-33-11-14-47-41(22-33)36-19-29(3)32(6)30(4)20-36;;;/h7-11,14,17-24,40H,12-13,15-16,25-26H2,1-6H3;3*1H. The smallest absolute Gasteiger partial charge is 0.364 e. The molecule has 4 nitrogen and oxygen atoms in total. The van der Waals surface area contributed by atoms with Crippen molar-refractivity contribution in [1.82, 2.24) is 14.9 Å². The quantitative estimate of drug-likeness (QED) is 0.157. The van der Waals surface area contributed by atoms with Gasteiger partial charge in [0.05, 0.1) is 11.3 Å². The summed E-state index contributed by atoms with van der Waals surface area (Å²) in [6.45, 7) is 16.0. The first-order valence-electron chi connectivity index (χ1n) is 17.1. The normalized spacial score (nSPS) is 13.5. The Kier molecular flexibility index (Phi) is 14.8. The summed E-state index contributed by atoms with van der Waals surface area (Å²) in [5.74, 6) is 0. The van der Waals surface area contributed by atoms with E-state index in [1.807, 2.05) is 24.7 Å². The minimum Gasteiger partial charge on any atom is -0.364 e. The third kappa shape index (κ3) is 9.87. The van der Waals surface area contributed by atoms with E-state index >= 15 is 0 Å². The van der Waals surface area contributed by atoms with Gasteiger partial charge >= 0.3 is 6.18 Å². The zero-order chi connectivity index (χ0) is 34.9. The average molecular weight is 772 g/mol. The molecule has 1 saturated heterocycles. The van der Waals surface area contributed by atoms with Gasteiger partial charge in [0.25, 0.3) is 0 Å². The van der Waals surface area contributed by atoms with E-state index < -0.39 is 11.7 Å². The predicted octanol–water partition coefficient (Wildman–Crippen LogP) is 11.6. The highest BCUT2D eigenvalue weighted by atomic mass is 35.5. The van der Waals surface area contributed by atoms with E-state index in [0.717, 1.165) is 60.5 Å². The molecular formula is C42H48Cl3F3N4. The third-order valence-electron chi connectivity index (χ3n) is 10.4. The second kappa shape index (κ2) is 17.9. The van der Waals surface area contributed by atoms with Crippen LogP contribution in [0.25, 0.3) is 22.4 Å². The van der Waals surface area contributed by atoms with Crippen LogP contribution in [0.3, 0.4) is 0 Å². The van der Waals surface area contributed by atoms with Gasteiger partial charge in [-0.2, -0.15) is 13.2 Å². The van der Waals surface area contributed by atoms with Crippen molar-refractivity contribution in [2.45, 2.75) is 79.7 Å². The molecule has 0 radical (unpaired) electrons. The zero-order valence-electron chi connectivity index (χ0n) is 30.6. The Hall–Kier alpha value is -3.62. The molecule has 0 bridgehead atoms. The van der Waals surface area contributed by atoms with Crippen molar-refractivity contribution in [2.24, 2.45) is 0 Å². The first kappa shape index (κ1) is 42.8. The van der Waals surface area contributed by atoms with Crippen LogP contribution in [-0.4, -0.2) is 34.0 Å². The Balaban J connectivity index is 0.00000243. The number of halogens is 6. The van der Waals surface area contributed by atoms with E-state index in [0.29, 0.717) is 6.54 Å². The molecule has 0 N–H and O–H groups in total. The van der Waals surface area contributed by atoms with Gasteiger partial charge in [0.2, 0.25) is 0 Å². The fourth-order valence-corrected chi connectivity index (χ4v) is 6.97. The van der Waals surface area contributed by atoms with Crippen molar-refractivity contribution in [3.63, 3.8) is 0 Å². The van der Waals surface area contributed by atoms with E-state index in [-0.39, 0.29) is 43.3 Å². The lowest BCUT2D eigenvalue weighted by molar-refractivity contribution is -0.137. The maximum absolute atomic E-state index is 13.5. The van der Waals surface area contributed by atoms with Crippen LogP contribution < -0.4 is 4.90 Å². The number of hydrogen-bond acceptors (Lipinski definition) is 4. The van der Waals surface area contributed by atoms with Gasteiger partial charge in [-0.3, -0.25) is 14.9 Å². The lowest BCUT2D eigenvalue weighted by Gasteiger charge is -2.40. The van der Waals surface area contributed by atoms with E-state index in [2.05, 4.69) is 97.7 Å². The molecule has 1 fully saturated rings. The summed E-state index contributed by atoms with van der Waals surface area (Å²) in [6, 6.07) is 21.0. The first-order valence-corrected chi connectivity index (χ1v) is 17.1. The Morgan fingerprint density at radius 3 is 1.79 bits per heavy atom. The Morgan fingerprint density at radius 2 is 1.23 bits per heavy atom. The monoisotopic (exact) mass is 770 g/mol. The molecule has 3 aromatic carbocycles. The number of pyridine rings is 2. The molecule has 0 unspecified atom stereocenters. The number of likely N-dealkylation sites (tertiary alicyclic amines) is 1. The number of aryl methyl sites for hydroxylation is 4. The highest BCUT2D eigenvalue weighted by Gasteiger charge is 2.31. The van der Waals surface area contributed by atoms with Crippen molar-refractivity contribution < 1.29 is 13.2 Å². The molecule has 0 amide bonds. The largest absolute Gasteiger partial charge is 0.416 e. The number of rotatable bonds is 8. The fraction of sp³-hybridized carbons (Fsp3) is 0.333. The number of piperidine rings is 1. The molecule has 5 aromatic rings. The van der Waals surface area contributed by atoms with E-state index in [1.54, 1.807) is 12.1 Å². The molecule has 52 heavy (non-hydrogen) atoms. The summed E-state index contributed by atoms with van der Waals surface area (Å²) in [6.07, 6.45) is 3.16. The molecule has 1 aliphatic heterocycles. The van der Waals surface area contributed by atoms with Gasteiger partial charge in [0.15, 0.2) is 0 Å². The molecule has 2 aromatic heterocycles. The minimum atomic E-state index is -4.37. The topological polar surface area (TPSA) is 32.3 Å². The molecule has 10 heteroatoms. The summed E-state index contributed by atoms with van der Waals surface area (Å²) in [5, 5.41) is 0. The molecule has 0 atom stereocenters. The van der Waals surface area contributed by atoms with Crippen LogP contribution in [0.4, 0.5) is 18.9 Å². The van der Waals surface area contributed by atoms with Gasteiger partial charge in [-0.15, -0.1) is 37.2 Å². The van der Waals surface area contributed by atoms with Gasteiger partial charge in [0.1, 0.15) is 0 Å². The molecule has 278 valence electrons. The zero-order valence-corrected chi connectivity index (χ0v) is 33.0. The Bertz CT molecular complexity index is 1910.